The first-order valence-electron chi connectivity index (χ1n) is 7.45. The van der Waals surface area contributed by atoms with Crippen molar-refractivity contribution in [2.45, 2.75) is 13.5 Å². The molecule has 22 heavy (non-hydrogen) atoms. The van der Waals surface area contributed by atoms with Crippen LogP contribution in [0.1, 0.15) is 12.5 Å². The van der Waals surface area contributed by atoms with Crippen LogP contribution in [0.2, 0.25) is 5.02 Å². The van der Waals surface area contributed by atoms with Crippen molar-refractivity contribution in [2.75, 3.05) is 33.4 Å². The molecule has 0 saturated carbocycles. The van der Waals surface area contributed by atoms with Crippen LogP contribution < -0.4 is 5.32 Å². The van der Waals surface area contributed by atoms with Gasteiger partial charge in [-0.15, -0.1) is 0 Å². The van der Waals surface area contributed by atoms with E-state index < -0.39 is 0 Å². The molecule has 122 valence electrons. The molecule has 1 aliphatic rings. The smallest absolute Gasteiger partial charge is 0.226 e. The summed E-state index contributed by atoms with van der Waals surface area (Å²) in [6.07, 6.45) is 0. The summed E-state index contributed by atoms with van der Waals surface area (Å²) < 4.78 is 18.2. The van der Waals surface area contributed by atoms with Crippen LogP contribution in [0, 0.1) is 17.7 Å². The highest BCUT2D eigenvalue weighted by Gasteiger charge is 2.31. The van der Waals surface area contributed by atoms with Gasteiger partial charge in [-0.25, -0.2) is 4.39 Å². The molecule has 1 unspecified atom stereocenters. The second-order valence-corrected chi connectivity index (χ2v) is 6.10. The van der Waals surface area contributed by atoms with Gasteiger partial charge in [-0.2, -0.15) is 0 Å². The quantitative estimate of drug-likeness (QED) is 0.835. The van der Waals surface area contributed by atoms with E-state index in [2.05, 4.69) is 5.32 Å². The van der Waals surface area contributed by atoms with Gasteiger partial charge < -0.3 is 15.0 Å². The maximum Gasteiger partial charge on any atom is 0.226 e. The molecule has 1 aliphatic heterocycles. The average molecular weight is 329 g/mol. The molecule has 1 fully saturated rings. The maximum absolute atomic E-state index is 13.1. The average Bonchev–Trinajstić information content (AvgIpc) is 2.43. The van der Waals surface area contributed by atoms with Gasteiger partial charge in [0.15, 0.2) is 0 Å². The zero-order valence-electron chi connectivity index (χ0n) is 12.9. The Balaban J connectivity index is 2.08. The van der Waals surface area contributed by atoms with E-state index in [9.17, 15) is 9.18 Å². The zero-order valence-corrected chi connectivity index (χ0v) is 13.7. The van der Waals surface area contributed by atoms with Gasteiger partial charge in [-0.05, 0) is 36.7 Å². The lowest BCUT2D eigenvalue weighted by Gasteiger charge is -2.35. The minimum atomic E-state index is -0.377. The number of benzene rings is 1. The number of methoxy groups -OCH3 is 1. The Morgan fingerprint density at radius 2 is 2.27 bits per heavy atom. The van der Waals surface area contributed by atoms with Crippen molar-refractivity contribution in [3.05, 3.63) is 34.6 Å². The highest BCUT2D eigenvalue weighted by molar-refractivity contribution is 6.31. The number of carbonyl (C=O) groups is 1. The second-order valence-electron chi connectivity index (χ2n) is 5.70. The number of hydrogen-bond acceptors (Lipinski definition) is 3. The fraction of sp³-hybridized carbons (Fsp3) is 0.562. The van der Waals surface area contributed by atoms with Crippen molar-refractivity contribution in [2.24, 2.45) is 11.8 Å². The third-order valence-electron chi connectivity index (χ3n) is 4.16. The maximum atomic E-state index is 13.1. The van der Waals surface area contributed by atoms with E-state index >= 15 is 0 Å². The van der Waals surface area contributed by atoms with Crippen LogP contribution in [0.25, 0.3) is 0 Å². The summed E-state index contributed by atoms with van der Waals surface area (Å²) in [4.78, 5) is 14.4. The van der Waals surface area contributed by atoms with Gasteiger partial charge in [-0.1, -0.05) is 24.6 Å². The fourth-order valence-electron chi connectivity index (χ4n) is 2.48. The zero-order chi connectivity index (χ0) is 16.1. The molecule has 1 atom stereocenters. The first kappa shape index (κ1) is 17.2. The monoisotopic (exact) mass is 328 g/mol. The Labute approximate surface area is 135 Å². The van der Waals surface area contributed by atoms with E-state index in [0.29, 0.717) is 30.6 Å². The number of carbonyl (C=O) groups excluding carboxylic acids is 1. The van der Waals surface area contributed by atoms with E-state index in [4.69, 9.17) is 16.3 Å². The van der Waals surface area contributed by atoms with Gasteiger partial charge >= 0.3 is 0 Å². The van der Waals surface area contributed by atoms with Crippen molar-refractivity contribution >= 4 is 17.5 Å². The largest absolute Gasteiger partial charge is 0.383 e. The summed E-state index contributed by atoms with van der Waals surface area (Å²) in [5.74, 6) is 0.0416. The summed E-state index contributed by atoms with van der Waals surface area (Å²) in [5, 5.41) is 3.53. The van der Waals surface area contributed by atoms with E-state index in [-0.39, 0.29) is 17.6 Å². The summed E-state index contributed by atoms with van der Waals surface area (Å²) in [7, 11) is 1.60. The Morgan fingerprint density at radius 1 is 1.55 bits per heavy atom. The predicted octanol–water partition coefficient (Wildman–Crippen LogP) is 2.31. The van der Waals surface area contributed by atoms with Crippen LogP contribution >= 0.6 is 11.6 Å². The molecule has 1 amide bonds. The van der Waals surface area contributed by atoms with Crippen LogP contribution in [0.4, 0.5) is 4.39 Å². The number of rotatable bonds is 7. The molecule has 6 heteroatoms. The second kappa shape index (κ2) is 7.90. The highest BCUT2D eigenvalue weighted by Crippen LogP contribution is 2.23. The Hall–Kier alpha value is -1.17. The van der Waals surface area contributed by atoms with E-state index in [1.165, 1.54) is 12.1 Å². The van der Waals surface area contributed by atoms with Crippen molar-refractivity contribution in [3.8, 4) is 0 Å². The third-order valence-corrected chi connectivity index (χ3v) is 4.51. The lowest BCUT2D eigenvalue weighted by molar-refractivity contribution is -0.138. The summed E-state index contributed by atoms with van der Waals surface area (Å²) in [5.41, 5.74) is 0.742. The van der Waals surface area contributed by atoms with Crippen LogP contribution in [-0.4, -0.2) is 44.2 Å². The van der Waals surface area contributed by atoms with Crippen molar-refractivity contribution in [3.63, 3.8) is 0 Å². The number of ether oxygens (including phenoxy) is 1. The lowest BCUT2D eigenvalue weighted by atomic mass is 9.88. The Kier molecular flexibility index (Phi) is 6.17. The van der Waals surface area contributed by atoms with Crippen LogP contribution in [0.5, 0.6) is 0 Å². The number of nitrogens with one attached hydrogen (secondary N) is 1. The summed E-state index contributed by atoms with van der Waals surface area (Å²) >= 11 is 6.07. The Morgan fingerprint density at radius 3 is 2.82 bits per heavy atom. The van der Waals surface area contributed by atoms with E-state index in [0.717, 1.165) is 18.7 Å². The van der Waals surface area contributed by atoms with Crippen molar-refractivity contribution in [1.29, 1.82) is 0 Å². The molecule has 4 nitrogen and oxygen atoms in total. The van der Waals surface area contributed by atoms with E-state index in [1.807, 2.05) is 6.92 Å². The minimum absolute atomic E-state index is 0.0441. The minimum Gasteiger partial charge on any atom is -0.383 e. The summed E-state index contributed by atoms with van der Waals surface area (Å²) in [6, 6.07) is 4.26. The standard InChI is InChI=1S/C16H22ClFN2O2/c1-11(13-8-19-9-13)16(21)20(5-6-22-2)10-12-3-4-14(18)7-15(12)17/h3-4,7,11,13,19H,5-6,8-10H2,1-2H3. The first-order chi connectivity index (χ1) is 10.5. The van der Waals surface area contributed by atoms with Crippen molar-refractivity contribution < 1.29 is 13.9 Å². The number of amides is 1. The van der Waals surface area contributed by atoms with Gasteiger partial charge in [0, 0.05) is 31.1 Å². The molecule has 2 rings (SSSR count). The molecular weight excluding hydrogens is 307 g/mol. The molecule has 0 aliphatic carbocycles. The SMILES string of the molecule is COCCN(Cc1ccc(F)cc1Cl)C(=O)C(C)C1CNC1. The number of halogens is 2. The van der Waals surface area contributed by atoms with E-state index in [1.54, 1.807) is 18.1 Å². The summed E-state index contributed by atoms with van der Waals surface area (Å²) in [6.45, 7) is 5.03. The highest BCUT2D eigenvalue weighted by atomic mass is 35.5. The topological polar surface area (TPSA) is 41.6 Å². The molecule has 0 spiro atoms. The van der Waals surface area contributed by atoms with Gasteiger partial charge in [0.2, 0.25) is 5.91 Å². The van der Waals surface area contributed by atoms with Gasteiger partial charge in [-0.3, -0.25) is 4.79 Å². The van der Waals surface area contributed by atoms with Crippen molar-refractivity contribution in [1.82, 2.24) is 10.2 Å². The molecule has 0 bridgehead atoms. The molecule has 1 saturated heterocycles. The molecule has 0 radical (unpaired) electrons. The molecule has 1 aromatic rings. The molecule has 1 aromatic carbocycles. The molecule has 1 N–H and O–H groups in total. The van der Waals surface area contributed by atoms with Gasteiger partial charge in [0.05, 0.1) is 6.61 Å². The predicted molar refractivity (Wildman–Crippen MR) is 84.2 cm³/mol. The van der Waals surface area contributed by atoms with Gasteiger partial charge in [0.1, 0.15) is 5.82 Å². The third kappa shape index (κ3) is 4.18. The molecular formula is C16H22ClFN2O2. The fourth-order valence-corrected chi connectivity index (χ4v) is 2.71. The van der Waals surface area contributed by atoms with Gasteiger partial charge in [0.25, 0.3) is 0 Å². The normalized spacial score (nSPS) is 16.2. The Bertz CT molecular complexity index is 523. The number of nitrogens with zero attached hydrogens (tertiary/aromatic N) is 1. The van der Waals surface area contributed by atoms with Crippen LogP contribution in [-0.2, 0) is 16.1 Å². The van der Waals surface area contributed by atoms with Crippen LogP contribution in [0.15, 0.2) is 18.2 Å². The van der Waals surface area contributed by atoms with Crippen LogP contribution in [0.3, 0.4) is 0 Å². The first-order valence-corrected chi connectivity index (χ1v) is 7.83. The molecule has 1 heterocycles. The molecule has 0 aromatic heterocycles. The lowest BCUT2D eigenvalue weighted by Crippen LogP contribution is -2.50. The number of hydrogen-bond donors (Lipinski definition) is 1.